The molecule has 0 fully saturated rings. The number of nitrogens with zero attached hydrogens (tertiary/aromatic N) is 1. The summed E-state index contributed by atoms with van der Waals surface area (Å²) in [7, 11) is 0. The molecule has 0 bridgehead atoms. The van der Waals surface area contributed by atoms with Crippen molar-refractivity contribution in [1.82, 2.24) is 4.57 Å². The van der Waals surface area contributed by atoms with Crippen LogP contribution in [0.15, 0.2) is 91.0 Å². The van der Waals surface area contributed by atoms with Crippen molar-refractivity contribution >= 4 is 21.8 Å². The van der Waals surface area contributed by atoms with Crippen LogP contribution in [0.4, 0.5) is 0 Å². The summed E-state index contributed by atoms with van der Waals surface area (Å²) in [5, 5.41) is 2.59. The normalized spacial score (nSPS) is 11.3. The monoisotopic (exact) mass is 347 g/mol. The quantitative estimate of drug-likeness (QED) is 0.322. The summed E-state index contributed by atoms with van der Waals surface area (Å²) in [6.45, 7) is 4.32. The Hall–Kier alpha value is -3.32. The van der Waals surface area contributed by atoms with Crippen LogP contribution in [0, 0.1) is 13.8 Å². The zero-order valence-corrected chi connectivity index (χ0v) is 15.6. The Balaban J connectivity index is 1.85. The summed E-state index contributed by atoms with van der Waals surface area (Å²) in [6.07, 6.45) is 0. The fourth-order valence-electron chi connectivity index (χ4n) is 4.08. The Morgan fingerprint density at radius 1 is 0.593 bits per heavy atom. The Bertz CT molecular complexity index is 1290. The van der Waals surface area contributed by atoms with Gasteiger partial charge in [-0.25, -0.2) is 0 Å². The first kappa shape index (κ1) is 15.9. The second kappa shape index (κ2) is 6.14. The molecule has 5 rings (SSSR count). The van der Waals surface area contributed by atoms with Gasteiger partial charge in [0.15, 0.2) is 0 Å². The van der Waals surface area contributed by atoms with Crippen molar-refractivity contribution in [3.8, 4) is 16.8 Å². The van der Waals surface area contributed by atoms with Gasteiger partial charge in [0.25, 0.3) is 0 Å². The van der Waals surface area contributed by atoms with Crippen LogP contribution in [0.1, 0.15) is 11.1 Å². The summed E-state index contributed by atoms with van der Waals surface area (Å²) in [5.74, 6) is 0. The molecule has 0 saturated carbocycles. The van der Waals surface area contributed by atoms with Crippen LogP contribution in [-0.4, -0.2) is 4.57 Å². The smallest absolute Gasteiger partial charge is 0.0541 e. The summed E-state index contributed by atoms with van der Waals surface area (Å²) in [4.78, 5) is 0. The first-order valence-electron chi connectivity index (χ1n) is 9.38. The van der Waals surface area contributed by atoms with Crippen LogP contribution < -0.4 is 0 Å². The number of hydrogen-bond acceptors (Lipinski definition) is 0. The molecule has 0 atom stereocenters. The van der Waals surface area contributed by atoms with Gasteiger partial charge in [-0.1, -0.05) is 60.7 Å². The molecule has 0 unspecified atom stereocenters. The van der Waals surface area contributed by atoms with Crippen LogP contribution in [0.5, 0.6) is 0 Å². The molecular weight excluding hydrogens is 326 g/mol. The van der Waals surface area contributed by atoms with E-state index in [9.17, 15) is 0 Å². The van der Waals surface area contributed by atoms with E-state index in [1.165, 1.54) is 49.7 Å². The molecule has 0 aliphatic heterocycles. The van der Waals surface area contributed by atoms with Crippen molar-refractivity contribution in [1.29, 1.82) is 0 Å². The van der Waals surface area contributed by atoms with Crippen molar-refractivity contribution in [3.05, 3.63) is 102 Å². The van der Waals surface area contributed by atoms with Gasteiger partial charge in [-0.15, -0.1) is 0 Å². The molecular formula is C26H21N. The summed E-state index contributed by atoms with van der Waals surface area (Å²) >= 11 is 0. The molecule has 0 amide bonds. The fraction of sp³-hybridized carbons (Fsp3) is 0.0769. The zero-order chi connectivity index (χ0) is 18.4. The van der Waals surface area contributed by atoms with Crippen molar-refractivity contribution in [2.45, 2.75) is 13.8 Å². The molecule has 0 radical (unpaired) electrons. The van der Waals surface area contributed by atoms with Gasteiger partial charge < -0.3 is 4.57 Å². The topological polar surface area (TPSA) is 4.93 Å². The number of benzene rings is 4. The average Bonchev–Trinajstić information content (AvgIpc) is 3.02. The van der Waals surface area contributed by atoms with Crippen LogP contribution in [0.25, 0.3) is 38.6 Å². The number of rotatable bonds is 2. The highest BCUT2D eigenvalue weighted by atomic mass is 15.0. The van der Waals surface area contributed by atoms with Crippen LogP contribution >= 0.6 is 0 Å². The second-order valence-electron chi connectivity index (χ2n) is 7.24. The van der Waals surface area contributed by atoms with E-state index in [4.69, 9.17) is 0 Å². The molecule has 1 heterocycles. The van der Waals surface area contributed by atoms with E-state index in [-0.39, 0.29) is 0 Å². The Morgan fingerprint density at radius 3 is 2.22 bits per heavy atom. The van der Waals surface area contributed by atoms with Crippen LogP contribution in [-0.2, 0) is 0 Å². The minimum atomic E-state index is 1.21. The highest BCUT2D eigenvalue weighted by molar-refractivity contribution is 6.10. The summed E-state index contributed by atoms with van der Waals surface area (Å²) in [5.41, 5.74) is 8.86. The predicted octanol–water partition coefficient (Wildman–Crippen LogP) is 7.07. The fourth-order valence-corrected chi connectivity index (χ4v) is 4.08. The molecule has 1 nitrogen and oxygen atoms in total. The lowest BCUT2D eigenvalue weighted by Crippen LogP contribution is -1.94. The van der Waals surface area contributed by atoms with E-state index < -0.39 is 0 Å². The lowest BCUT2D eigenvalue weighted by atomic mass is 9.99. The minimum Gasteiger partial charge on any atom is -0.309 e. The summed E-state index contributed by atoms with van der Waals surface area (Å²) in [6, 6.07) is 32.8. The van der Waals surface area contributed by atoms with Gasteiger partial charge in [0.1, 0.15) is 0 Å². The van der Waals surface area contributed by atoms with E-state index in [1.54, 1.807) is 0 Å². The molecule has 5 aromatic rings. The van der Waals surface area contributed by atoms with Gasteiger partial charge in [-0.2, -0.15) is 0 Å². The van der Waals surface area contributed by atoms with Gasteiger partial charge in [-0.05, 0) is 66.4 Å². The predicted molar refractivity (Wildman–Crippen MR) is 116 cm³/mol. The van der Waals surface area contributed by atoms with Gasteiger partial charge in [0.05, 0.1) is 11.0 Å². The zero-order valence-electron chi connectivity index (χ0n) is 15.6. The van der Waals surface area contributed by atoms with E-state index in [0.717, 1.165) is 0 Å². The SMILES string of the molecule is Cc1cccc(-n2c3ccccc3c3cc(-c4ccccc4C)ccc32)c1. The molecule has 27 heavy (non-hydrogen) atoms. The molecule has 0 spiro atoms. The third-order valence-corrected chi connectivity index (χ3v) is 5.39. The molecule has 130 valence electrons. The van der Waals surface area contributed by atoms with Crippen molar-refractivity contribution in [3.63, 3.8) is 0 Å². The van der Waals surface area contributed by atoms with Gasteiger partial charge in [0, 0.05) is 16.5 Å². The minimum absolute atomic E-state index is 1.21. The van der Waals surface area contributed by atoms with Crippen molar-refractivity contribution in [2.24, 2.45) is 0 Å². The molecule has 1 heteroatoms. The molecule has 1 aromatic heterocycles. The second-order valence-corrected chi connectivity index (χ2v) is 7.24. The Morgan fingerprint density at radius 2 is 1.37 bits per heavy atom. The molecule has 0 N–H and O–H groups in total. The van der Waals surface area contributed by atoms with Crippen LogP contribution in [0.2, 0.25) is 0 Å². The van der Waals surface area contributed by atoms with E-state index in [0.29, 0.717) is 0 Å². The first-order valence-corrected chi connectivity index (χ1v) is 9.38. The average molecular weight is 347 g/mol. The van der Waals surface area contributed by atoms with E-state index >= 15 is 0 Å². The van der Waals surface area contributed by atoms with Crippen molar-refractivity contribution in [2.75, 3.05) is 0 Å². The maximum Gasteiger partial charge on any atom is 0.0541 e. The first-order chi connectivity index (χ1) is 13.2. The number of aryl methyl sites for hydroxylation is 2. The Kier molecular flexibility index (Phi) is 3.61. The molecule has 0 saturated heterocycles. The number of fused-ring (bicyclic) bond motifs is 3. The highest BCUT2D eigenvalue weighted by Crippen LogP contribution is 2.35. The number of para-hydroxylation sites is 1. The number of hydrogen-bond donors (Lipinski definition) is 0. The third kappa shape index (κ3) is 2.55. The van der Waals surface area contributed by atoms with Gasteiger partial charge in [0.2, 0.25) is 0 Å². The van der Waals surface area contributed by atoms with Crippen LogP contribution in [0.3, 0.4) is 0 Å². The lowest BCUT2D eigenvalue weighted by molar-refractivity contribution is 1.17. The largest absolute Gasteiger partial charge is 0.309 e. The standard InChI is InChI=1S/C26H21N/c1-18-8-7-10-21(16-18)27-25-13-6-5-12-23(25)24-17-20(14-15-26(24)27)22-11-4-3-9-19(22)2/h3-17H,1-2H3. The maximum absolute atomic E-state index is 2.37. The van der Waals surface area contributed by atoms with Gasteiger partial charge in [-0.3, -0.25) is 0 Å². The molecule has 0 aliphatic rings. The number of aromatic nitrogens is 1. The lowest BCUT2D eigenvalue weighted by Gasteiger charge is -2.10. The Labute approximate surface area is 159 Å². The summed E-state index contributed by atoms with van der Waals surface area (Å²) < 4.78 is 2.37. The molecule has 0 aliphatic carbocycles. The third-order valence-electron chi connectivity index (χ3n) is 5.39. The van der Waals surface area contributed by atoms with E-state index in [2.05, 4.69) is 109 Å². The highest BCUT2D eigenvalue weighted by Gasteiger charge is 2.13. The maximum atomic E-state index is 2.37. The van der Waals surface area contributed by atoms with E-state index in [1.807, 2.05) is 0 Å². The van der Waals surface area contributed by atoms with Gasteiger partial charge >= 0.3 is 0 Å². The molecule has 4 aromatic carbocycles. The van der Waals surface area contributed by atoms with Crippen molar-refractivity contribution < 1.29 is 0 Å².